The van der Waals surface area contributed by atoms with Crippen molar-refractivity contribution < 1.29 is 13.9 Å². The number of ketones is 1. The van der Waals surface area contributed by atoms with Crippen LogP contribution in [-0.2, 0) is 6.61 Å². The summed E-state index contributed by atoms with van der Waals surface area (Å²) < 4.78 is 12.6. The van der Waals surface area contributed by atoms with Gasteiger partial charge < -0.3 is 9.15 Å². The molecule has 4 rings (SSSR count). The van der Waals surface area contributed by atoms with Crippen molar-refractivity contribution in [3.63, 3.8) is 0 Å². The lowest BCUT2D eigenvalue weighted by Gasteiger charge is -2.07. The Morgan fingerprint density at radius 2 is 1.71 bits per heavy atom. The summed E-state index contributed by atoms with van der Waals surface area (Å²) in [7, 11) is 0. The number of hydrogen-bond acceptors (Lipinski definition) is 3. The highest BCUT2D eigenvalue weighted by molar-refractivity contribution is 9.10. The van der Waals surface area contributed by atoms with Crippen LogP contribution in [-0.4, -0.2) is 5.78 Å². The lowest BCUT2D eigenvalue weighted by Crippen LogP contribution is -2.00. The smallest absolute Gasteiger partial charge is 0.229 e. The first-order chi connectivity index (χ1) is 13.5. The van der Waals surface area contributed by atoms with E-state index < -0.39 is 0 Å². The predicted octanol–water partition coefficient (Wildman–Crippen LogP) is 6.62. The maximum absolute atomic E-state index is 12.9. The standard InChI is InChI=1S/C24H19BrO3/c1-15-8-10-18(11-9-15)23(26)24-22(25)21-16(2)12-19(13-20(21)28-24)27-14-17-6-4-3-5-7-17/h3-13H,14H2,1-2H3. The van der Waals surface area contributed by atoms with Gasteiger partial charge in [-0.2, -0.15) is 0 Å². The summed E-state index contributed by atoms with van der Waals surface area (Å²) in [6.07, 6.45) is 0. The summed E-state index contributed by atoms with van der Waals surface area (Å²) >= 11 is 3.56. The number of rotatable bonds is 5. The first kappa shape index (κ1) is 18.5. The molecule has 0 spiro atoms. The van der Waals surface area contributed by atoms with Crippen LogP contribution in [0.5, 0.6) is 5.75 Å². The lowest BCUT2D eigenvalue weighted by atomic mass is 10.1. The Labute approximate surface area is 172 Å². The molecule has 0 N–H and O–H groups in total. The van der Waals surface area contributed by atoms with E-state index in [1.165, 1.54) is 0 Å². The maximum Gasteiger partial charge on any atom is 0.229 e. The molecule has 0 fully saturated rings. The molecule has 140 valence electrons. The highest BCUT2D eigenvalue weighted by Crippen LogP contribution is 2.37. The Morgan fingerprint density at radius 1 is 1.00 bits per heavy atom. The van der Waals surface area contributed by atoms with Crippen LogP contribution in [0.2, 0.25) is 0 Å². The Hall–Kier alpha value is -2.85. The molecule has 1 heterocycles. The Bertz CT molecular complexity index is 1140. The van der Waals surface area contributed by atoms with Crippen molar-refractivity contribution >= 4 is 32.7 Å². The molecule has 3 nitrogen and oxygen atoms in total. The second-order valence-electron chi connectivity index (χ2n) is 6.83. The number of fused-ring (bicyclic) bond motifs is 1. The van der Waals surface area contributed by atoms with Crippen molar-refractivity contribution in [2.75, 3.05) is 0 Å². The molecule has 3 aromatic carbocycles. The van der Waals surface area contributed by atoms with Crippen molar-refractivity contribution in [3.05, 3.63) is 99.2 Å². The summed E-state index contributed by atoms with van der Waals surface area (Å²) in [5, 5.41) is 0.891. The Morgan fingerprint density at radius 3 is 2.43 bits per heavy atom. The molecular weight excluding hydrogens is 416 g/mol. The van der Waals surface area contributed by atoms with Gasteiger partial charge in [0.25, 0.3) is 0 Å². The summed E-state index contributed by atoms with van der Waals surface area (Å²) in [5.74, 6) is 0.876. The number of aryl methyl sites for hydroxylation is 2. The molecule has 1 aromatic heterocycles. The fourth-order valence-electron chi connectivity index (χ4n) is 3.16. The molecule has 0 amide bonds. The van der Waals surface area contributed by atoms with Gasteiger partial charge in [-0.15, -0.1) is 0 Å². The van der Waals surface area contributed by atoms with Gasteiger partial charge in [0.05, 0.1) is 4.47 Å². The van der Waals surface area contributed by atoms with Crippen molar-refractivity contribution in [1.29, 1.82) is 0 Å². The van der Waals surface area contributed by atoms with E-state index in [4.69, 9.17) is 9.15 Å². The summed E-state index contributed by atoms with van der Waals surface area (Å²) in [4.78, 5) is 12.9. The predicted molar refractivity (Wildman–Crippen MR) is 114 cm³/mol. The van der Waals surface area contributed by atoms with E-state index in [0.717, 1.165) is 22.1 Å². The third-order valence-corrected chi connectivity index (χ3v) is 5.43. The van der Waals surface area contributed by atoms with Crippen LogP contribution in [0.4, 0.5) is 0 Å². The van der Waals surface area contributed by atoms with Gasteiger partial charge in [0, 0.05) is 17.0 Å². The zero-order valence-corrected chi connectivity index (χ0v) is 17.2. The molecule has 0 saturated heterocycles. The van der Waals surface area contributed by atoms with Crippen LogP contribution in [0.25, 0.3) is 11.0 Å². The van der Waals surface area contributed by atoms with E-state index in [1.54, 1.807) is 0 Å². The van der Waals surface area contributed by atoms with Gasteiger partial charge in [0.1, 0.15) is 17.9 Å². The van der Waals surface area contributed by atoms with Crippen LogP contribution < -0.4 is 4.74 Å². The third kappa shape index (κ3) is 3.60. The van der Waals surface area contributed by atoms with Crippen LogP contribution in [0.3, 0.4) is 0 Å². The molecule has 0 aliphatic carbocycles. The molecule has 0 saturated carbocycles. The van der Waals surface area contributed by atoms with E-state index in [-0.39, 0.29) is 5.78 Å². The molecule has 0 radical (unpaired) electrons. The topological polar surface area (TPSA) is 39.4 Å². The van der Waals surface area contributed by atoms with Gasteiger partial charge in [0.2, 0.25) is 5.78 Å². The van der Waals surface area contributed by atoms with Gasteiger partial charge >= 0.3 is 0 Å². The minimum atomic E-state index is -0.144. The minimum Gasteiger partial charge on any atom is -0.489 e. The van der Waals surface area contributed by atoms with Gasteiger partial charge in [-0.05, 0) is 47.0 Å². The van der Waals surface area contributed by atoms with Gasteiger partial charge in [-0.3, -0.25) is 4.79 Å². The number of benzene rings is 3. The lowest BCUT2D eigenvalue weighted by molar-refractivity contribution is 0.101. The van der Waals surface area contributed by atoms with E-state index in [0.29, 0.717) is 33.7 Å². The molecule has 0 unspecified atom stereocenters. The van der Waals surface area contributed by atoms with Crippen LogP contribution >= 0.6 is 15.9 Å². The first-order valence-electron chi connectivity index (χ1n) is 9.03. The van der Waals surface area contributed by atoms with E-state index >= 15 is 0 Å². The van der Waals surface area contributed by atoms with Crippen molar-refractivity contribution in [3.8, 4) is 5.75 Å². The molecule has 28 heavy (non-hydrogen) atoms. The van der Waals surface area contributed by atoms with Gasteiger partial charge in [0.15, 0.2) is 5.76 Å². The van der Waals surface area contributed by atoms with Crippen LogP contribution in [0.1, 0.15) is 32.8 Å². The quantitative estimate of drug-likeness (QED) is 0.331. The van der Waals surface area contributed by atoms with Crippen molar-refractivity contribution in [2.45, 2.75) is 20.5 Å². The highest BCUT2D eigenvalue weighted by Gasteiger charge is 2.22. The molecule has 4 aromatic rings. The van der Waals surface area contributed by atoms with E-state index in [1.807, 2.05) is 80.6 Å². The molecular formula is C24H19BrO3. The monoisotopic (exact) mass is 434 g/mol. The van der Waals surface area contributed by atoms with Crippen LogP contribution in [0.15, 0.2) is 75.6 Å². The van der Waals surface area contributed by atoms with Crippen LogP contribution in [0, 0.1) is 13.8 Å². The Balaban J connectivity index is 1.67. The van der Waals surface area contributed by atoms with Crippen molar-refractivity contribution in [2.24, 2.45) is 0 Å². The Kier molecular flexibility index (Phi) is 5.05. The van der Waals surface area contributed by atoms with Gasteiger partial charge in [-0.1, -0.05) is 60.2 Å². The van der Waals surface area contributed by atoms with Crippen molar-refractivity contribution in [1.82, 2.24) is 0 Å². The minimum absolute atomic E-state index is 0.144. The number of ether oxygens (including phenoxy) is 1. The number of hydrogen-bond donors (Lipinski definition) is 0. The molecule has 0 aliphatic heterocycles. The zero-order valence-electron chi connectivity index (χ0n) is 15.7. The third-order valence-electron chi connectivity index (χ3n) is 4.67. The first-order valence-corrected chi connectivity index (χ1v) is 9.83. The summed E-state index contributed by atoms with van der Waals surface area (Å²) in [6.45, 7) is 4.45. The number of furan rings is 1. The molecule has 0 aliphatic rings. The molecule has 4 heteroatoms. The summed E-state index contributed by atoms with van der Waals surface area (Å²) in [5.41, 5.74) is 4.42. The van der Waals surface area contributed by atoms with E-state index in [9.17, 15) is 4.79 Å². The molecule has 0 bridgehead atoms. The normalized spacial score (nSPS) is 11.0. The SMILES string of the molecule is Cc1ccc(C(=O)c2oc3cc(OCc4ccccc4)cc(C)c3c2Br)cc1. The number of carbonyl (C=O) groups is 1. The average molecular weight is 435 g/mol. The largest absolute Gasteiger partial charge is 0.489 e. The second kappa shape index (κ2) is 7.64. The number of halogens is 1. The van der Waals surface area contributed by atoms with Gasteiger partial charge in [-0.25, -0.2) is 0 Å². The fraction of sp³-hybridized carbons (Fsp3) is 0.125. The average Bonchev–Trinajstić information content (AvgIpc) is 3.04. The molecule has 0 atom stereocenters. The zero-order chi connectivity index (χ0) is 19.7. The number of carbonyl (C=O) groups excluding carboxylic acids is 1. The maximum atomic E-state index is 12.9. The van der Waals surface area contributed by atoms with E-state index in [2.05, 4.69) is 15.9 Å². The second-order valence-corrected chi connectivity index (χ2v) is 7.62. The highest BCUT2D eigenvalue weighted by atomic mass is 79.9. The fourth-order valence-corrected chi connectivity index (χ4v) is 3.93. The summed E-state index contributed by atoms with van der Waals surface area (Å²) in [6, 6.07) is 21.3.